The van der Waals surface area contributed by atoms with Crippen LogP contribution in [0.1, 0.15) is 11.3 Å². The highest BCUT2D eigenvalue weighted by atomic mass is 32.2. The summed E-state index contributed by atoms with van der Waals surface area (Å²) in [7, 11) is 0. The summed E-state index contributed by atoms with van der Waals surface area (Å²) in [4.78, 5) is 18.7. The Kier molecular flexibility index (Phi) is 4.17. The number of benzene rings is 1. The van der Waals surface area contributed by atoms with Gasteiger partial charge in [-0.05, 0) is 49.0 Å². The Morgan fingerprint density at radius 3 is 2.77 bits per heavy atom. The summed E-state index contributed by atoms with van der Waals surface area (Å²) < 4.78 is 13.1. The highest BCUT2D eigenvalue weighted by Gasteiger charge is 2.35. The third-order valence-corrected chi connectivity index (χ3v) is 5.54. The van der Waals surface area contributed by atoms with E-state index in [2.05, 4.69) is 15.2 Å². The van der Waals surface area contributed by atoms with Gasteiger partial charge in [0.15, 0.2) is 10.3 Å². The van der Waals surface area contributed by atoms with E-state index in [1.165, 1.54) is 28.4 Å². The summed E-state index contributed by atoms with van der Waals surface area (Å²) in [5.74, 6) is -0.613. The van der Waals surface area contributed by atoms with Crippen molar-refractivity contribution in [2.24, 2.45) is 0 Å². The maximum atomic E-state index is 13.1. The molecule has 0 saturated carbocycles. The SMILES string of the molecule is Cc1csc(N2C(=N)SC(=Cc3cn[nH]c3-c3ccc(F)cc3)C2=O)n1. The first-order valence-corrected chi connectivity index (χ1v) is 9.26. The van der Waals surface area contributed by atoms with Gasteiger partial charge in [-0.2, -0.15) is 5.10 Å². The number of aryl methyl sites for hydroxylation is 1. The third-order valence-electron chi connectivity index (χ3n) is 3.71. The van der Waals surface area contributed by atoms with E-state index in [1.807, 2.05) is 12.3 Å². The number of anilines is 1. The normalized spacial score (nSPS) is 16.1. The van der Waals surface area contributed by atoms with Crippen molar-refractivity contribution in [1.29, 1.82) is 5.41 Å². The minimum atomic E-state index is -0.322. The van der Waals surface area contributed by atoms with Gasteiger partial charge in [0.1, 0.15) is 5.82 Å². The van der Waals surface area contributed by atoms with E-state index in [1.54, 1.807) is 24.4 Å². The van der Waals surface area contributed by atoms with Gasteiger partial charge in [-0.25, -0.2) is 14.3 Å². The van der Waals surface area contributed by atoms with Crippen LogP contribution in [0.15, 0.2) is 40.7 Å². The quantitative estimate of drug-likeness (QED) is 0.667. The molecule has 1 fully saturated rings. The average molecular weight is 385 g/mol. The molecule has 1 aliphatic heterocycles. The van der Waals surface area contributed by atoms with E-state index in [0.717, 1.165) is 23.0 Å². The van der Waals surface area contributed by atoms with Gasteiger partial charge in [0, 0.05) is 16.5 Å². The van der Waals surface area contributed by atoms with Crippen molar-refractivity contribution >= 4 is 45.4 Å². The van der Waals surface area contributed by atoms with Crippen LogP contribution in [0.3, 0.4) is 0 Å². The molecule has 0 aliphatic carbocycles. The first-order valence-electron chi connectivity index (χ1n) is 7.57. The fourth-order valence-corrected chi connectivity index (χ4v) is 4.20. The molecule has 0 unspecified atom stereocenters. The first-order chi connectivity index (χ1) is 12.5. The number of aromatic nitrogens is 3. The Hall–Kier alpha value is -2.78. The highest BCUT2D eigenvalue weighted by molar-refractivity contribution is 8.19. The van der Waals surface area contributed by atoms with E-state index in [-0.39, 0.29) is 16.9 Å². The predicted molar refractivity (Wildman–Crippen MR) is 102 cm³/mol. The van der Waals surface area contributed by atoms with Crippen LogP contribution in [-0.2, 0) is 4.79 Å². The number of carbonyl (C=O) groups excluding carboxylic acids is 1. The molecule has 4 rings (SSSR count). The molecule has 1 amide bonds. The van der Waals surface area contributed by atoms with Gasteiger partial charge in [0.25, 0.3) is 5.91 Å². The van der Waals surface area contributed by atoms with Crippen molar-refractivity contribution < 1.29 is 9.18 Å². The summed E-state index contributed by atoms with van der Waals surface area (Å²) in [5.41, 5.74) is 2.94. The topological polar surface area (TPSA) is 85.7 Å². The molecule has 0 atom stereocenters. The number of H-pyrrole nitrogens is 1. The Labute approximate surface area is 156 Å². The van der Waals surface area contributed by atoms with Gasteiger partial charge in [-0.15, -0.1) is 11.3 Å². The van der Waals surface area contributed by atoms with Crippen LogP contribution in [0.5, 0.6) is 0 Å². The van der Waals surface area contributed by atoms with E-state index < -0.39 is 0 Å². The lowest BCUT2D eigenvalue weighted by Gasteiger charge is -2.09. The Bertz CT molecular complexity index is 1040. The maximum absolute atomic E-state index is 13.1. The van der Waals surface area contributed by atoms with Gasteiger partial charge in [0.2, 0.25) is 0 Å². The van der Waals surface area contributed by atoms with Crippen molar-refractivity contribution in [3.05, 3.63) is 57.8 Å². The van der Waals surface area contributed by atoms with Crippen LogP contribution in [0, 0.1) is 18.2 Å². The summed E-state index contributed by atoms with van der Waals surface area (Å²) in [5, 5.41) is 17.4. The second-order valence-electron chi connectivity index (χ2n) is 5.54. The number of hydrogen-bond donors (Lipinski definition) is 2. The molecule has 0 radical (unpaired) electrons. The zero-order valence-electron chi connectivity index (χ0n) is 13.5. The van der Waals surface area contributed by atoms with Crippen molar-refractivity contribution in [2.75, 3.05) is 4.90 Å². The molecule has 0 bridgehead atoms. The van der Waals surface area contributed by atoms with E-state index >= 15 is 0 Å². The molecule has 6 nitrogen and oxygen atoms in total. The smallest absolute Gasteiger partial charge is 0.273 e. The van der Waals surface area contributed by atoms with Crippen LogP contribution < -0.4 is 4.90 Å². The molecule has 1 saturated heterocycles. The molecule has 130 valence electrons. The largest absolute Gasteiger partial charge is 0.278 e. The highest BCUT2D eigenvalue weighted by Crippen LogP contribution is 2.37. The zero-order valence-corrected chi connectivity index (χ0v) is 15.1. The van der Waals surface area contributed by atoms with Crippen molar-refractivity contribution in [3.8, 4) is 11.3 Å². The van der Waals surface area contributed by atoms with Crippen molar-refractivity contribution in [2.45, 2.75) is 6.92 Å². The Balaban J connectivity index is 1.68. The molecule has 1 aliphatic rings. The van der Waals surface area contributed by atoms with Gasteiger partial charge >= 0.3 is 0 Å². The van der Waals surface area contributed by atoms with Gasteiger partial charge in [0.05, 0.1) is 22.5 Å². The van der Waals surface area contributed by atoms with Crippen molar-refractivity contribution in [1.82, 2.24) is 15.2 Å². The Morgan fingerprint density at radius 2 is 2.08 bits per heavy atom. The number of amides is 1. The lowest BCUT2D eigenvalue weighted by atomic mass is 10.1. The minimum Gasteiger partial charge on any atom is -0.278 e. The van der Waals surface area contributed by atoms with Gasteiger partial charge in [-0.1, -0.05) is 0 Å². The fourth-order valence-electron chi connectivity index (χ4n) is 2.50. The van der Waals surface area contributed by atoms with Crippen LogP contribution in [0.4, 0.5) is 9.52 Å². The number of aromatic amines is 1. The number of amidine groups is 1. The lowest BCUT2D eigenvalue weighted by molar-refractivity contribution is -0.113. The molecule has 3 heterocycles. The van der Waals surface area contributed by atoms with Crippen molar-refractivity contribution in [3.63, 3.8) is 0 Å². The van der Waals surface area contributed by atoms with Crippen LogP contribution in [0.25, 0.3) is 17.3 Å². The number of nitrogens with one attached hydrogen (secondary N) is 2. The molecule has 0 spiro atoms. The summed E-state index contributed by atoms with van der Waals surface area (Å²) in [6.07, 6.45) is 3.28. The predicted octanol–water partition coefficient (Wildman–Crippen LogP) is 4.04. The number of thioether (sulfide) groups is 1. The molecule has 3 aromatic rings. The Morgan fingerprint density at radius 1 is 1.31 bits per heavy atom. The summed E-state index contributed by atoms with van der Waals surface area (Å²) in [6, 6.07) is 6.01. The fraction of sp³-hybridized carbons (Fsp3) is 0.0588. The minimum absolute atomic E-state index is 0.113. The zero-order chi connectivity index (χ0) is 18.3. The number of thiazole rings is 1. The van der Waals surface area contributed by atoms with E-state index in [9.17, 15) is 9.18 Å². The molecule has 26 heavy (non-hydrogen) atoms. The number of nitrogens with zero attached hydrogens (tertiary/aromatic N) is 3. The van der Waals surface area contributed by atoms with Gasteiger partial charge < -0.3 is 0 Å². The van der Waals surface area contributed by atoms with Crippen LogP contribution in [0.2, 0.25) is 0 Å². The lowest BCUT2D eigenvalue weighted by Crippen LogP contribution is -2.27. The number of halogens is 1. The second-order valence-corrected chi connectivity index (χ2v) is 7.40. The number of hydrogen-bond acceptors (Lipinski definition) is 6. The monoisotopic (exact) mass is 385 g/mol. The third kappa shape index (κ3) is 2.95. The van der Waals surface area contributed by atoms with Crippen LogP contribution >= 0.6 is 23.1 Å². The molecule has 2 aromatic heterocycles. The van der Waals surface area contributed by atoms with E-state index in [0.29, 0.717) is 21.3 Å². The average Bonchev–Trinajstić information content (AvgIpc) is 3.30. The summed E-state index contributed by atoms with van der Waals surface area (Å²) >= 11 is 2.40. The first kappa shape index (κ1) is 16.7. The molecule has 9 heteroatoms. The standard InChI is InChI=1S/C17H12FN5OS2/c1-9-8-25-17(21-9)23-15(24)13(26-16(23)19)6-11-7-20-22-14(11)10-2-4-12(18)5-3-10/h2-8,19H,1H3,(H,20,22). The van der Waals surface area contributed by atoms with Crippen LogP contribution in [-0.4, -0.2) is 26.3 Å². The second kappa shape index (κ2) is 6.50. The molecule has 2 N–H and O–H groups in total. The number of carbonyl (C=O) groups is 1. The maximum Gasteiger partial charge on any atom is 0.273 e. The molecule has 1 aromatic carbocycles. The van der Waals surface area contributed by atoms with Gasteiger partial charge in [-0.3, -0.25) is 15.3 Å². The van der Waals surface area contributed by atoms with E-state index in [4.69, 9.17) is 5.41 Å². The number of rotatable bonds is 3. The molecular weight excluding hydrogens is 373 g/mol. The molecular formula is C17H12FN5OS2. The summed E-state index contributed by atoms with van der Waals surface area (Å²) in [6.45, 7) is 1.84.